The van der Waals surface area contributed by atoms with Gasteiger partial charge in [0, 0.05) is 18.0 Å². The van der Waals surface area contributed by atoms with Crippen molar-refractivity contribution in [2.45, 2.75) is 25.3 Å². The lowest BCUT2D eigenvalue weighted by molar-refractivity contribution is 0.0946. The molecule has 4 aromatic rings. The zero-order valence-corrected chi connectivity index (χ0v) is 18.2. The molecular formula is C24H24N6O3. The number of carbonyl (C=O) groups is 1. The van der Waals surface area contributed by atoms with E-state index in [-0.39, 0.29) is 24.7 Å². The number of benzene rings is 2. The number of nitrogens with one attached hydrogen (secondary N) is 2. The third kappa shape index (κ3) is 4.30. The van der Waals surface area contributed by atoms with Gasteiger partial charge in [-0.2, -0.15) is 10.2 Å². The summed E-state index contributed by atoms with van der Waals surface area (Å²) in [6.45, 7) is 0.545. The fourth-order valence-corrected chi connectivity index (χ4v) is 3.73. The SMILES string of the molecule is COc1cccc(-c2cc(C(=O)NCCn3nc(C4CC4)n(-c4ccccc4)c3=O)[nH]n2)c1. The van der Waals surface area contributed by atoms with Crippen LogP contribution in [0.15, 0.2) is 65.5 Å². The van der Waals surface area contributed by atoms with E-state index >= 15 is 0 Å². The lowest BCUT2D eigenvalue weighted by Gasteiger charge is -2.04. The molecule has 33 heavy (non-hydrogen) atoms. The molecule has 1 aliphatic carbocycles. The van der Waals surface area contributed by atoms with E-state index in [0.29, 0.717) is 23.1 Å². The summed E-state index contributed by atoms with van der Waals surface area (Å²) < 4.78 is 8.34. The first-order valence-electron chi connectivity index (χ1n) is 10.9. The average Bonchev–Trinajstić information content (AvgIpc) is 3.48. The lowest BCUT2D eigenvalue weighted by atomic mass is 10.1. The van der Waals surface area contributed by atoms with Crippen LogP contribution in [0, 0.1) is 0 Å². The van der Waals surface area contributed by atoms with Crippen LogP contribution in [-0.2, 0) is 6.54 Å². The zero-order chi connectivity index (χ0) is 22.8. The van der Waals surface area contributed by atoms with Crippen molar-refractivity contribution in [3.63, 3.8) is 0 Å². The van der Waals surface area contributed by atoms with Crippen LogP contribution in [0.3, 0.4) is 0 Å². The van der Waals surface area contributed by atoms with Gasteiger partial charge >= 0.3 is 5.69 Å². The standard InChI is InChI=1S/C24H24N6O3/c1-33-19-9-5-6-17(14-19)20-15-21(27-26-20)23(31)25-12-13-29-24(32)30(18-7-3-2-4-8-18)22(28-29)16-10-11-16/h2-9,14-16H,10-13H2,1H3,(H,25,31)(H,26,27). The van der Waals surface area contributed by atoms with Crippen molar-refractivity contribution in [2.24, 2.45) is 0 Å². The second kappa shape index (κ2) is 8.78. The Hall–Kier alpha value is -4.14. The van der Waals surface area contributed by atoms with Crippen molar-refractivity contribution in [3.8, 4) is 22.7 Å². The van der Waals surface area contributed by atoms with E-state index in [1.165, 1.54) is 4.68 Å². The highest BCUT2D eigenvalue weighted by Crippen LogP contribution is 2.39. The van der Waals surface area contributed by atoms with E-state index in [1.807, 2.05) is 54.6 Å². The molecule has 2 aromatic carbocycles. The van der Waals surface area contributed by atoms with Crippen molar-refractivity contribution in [3.05, 3.63) is 82.7 Å². The minimum absolute atomic E-state index is 0.195. The number of aromatic nitrogens is 5. The first-order chi connectivity index (χ1) is 16.1. The fraction of sp³-hybridized carbons (Fsp3) is 0.250. The van der Waals surface area contributed by atoms with Crippen LogP contribution in [0.4, 0.5) is 0 Å². The molecule has 9 heteroatoms. The predicted molar refractivity (Wildman–Crippen MR) is 123 cm³/mol. The third-order valence-corrected chi connectivity index (χ3v) is 5.62. The largest absolute Gasteiger partial charge is 0.497 e. The molecule has 0 saturated heterocycles. The molecule has 168 valence electrons. The number of H-pyrrole nitrogens is 1. The number of nitrogens with zero attached hydrogens (tertiary/aromatic N) is 4. The van der Waals surface area contributed by atoms with E-state index in [2.05, 4.69) is 20.6 Å². The summed E-state index contributed by atoms with van der Waals surface area (Å²) in [4.78, 5) is 25.6. The summed E-state index contributed by atoms with van der Waals surface area (Å²) in [5.41, 5.74) is 2.44. The molecule has 0 spiro atoms. The van der Waals surface area contributed by atoms with Crippen molar-refractivity contribution >= 4 is 5.91 Å². The van der Waals surface area contributed by atoms with Gasteiger partial charge in [-0.15, -0.1) is 0 Å². The molecule has 5 rings (SSSR count). The zero-order valence-electron chi connectivity index (χ0n) is 18.2. The quantitative estimate of drug-likeness (QED) is 0.435. The van der Waals surface area contributed by atoms with E-state index in [4.69, 9.17) is 4.74 Å². The third-order valence-electron chi connectivity index (χ3n) is 5.62. The summed E-state index contributed by atoms with van der Waals surface area (Å²) in [7, 11) is 1.60. The van der Waals surface area contributed by atoms with Gasteiger partial charge in [0.05, 0.1) is 25.0 Å². The summed E-state index contributed by atoms with van der Waals surface area (Å²) >= 11 is 0. The number of ether oxygens (including phenoxy) is 1. The number of hydrogen-bond acceptors (Lipinski definition) is 5. The molecule has 9 nitrogen and oxygen atoms in total. The highest BCUT2D eigenvalue weighted by atomic mass is 16.5. The molecule has 1 aliphatic rings. The van der Waals surface area contributed by atoms with Gasteiger partial charge in [0.1, 0.15) is 17.3 Å². The number of aromatic amines is 1. The molecule has 0 radical (unpaired) electrons. The minimum atomic E-state index is -0.297. The Kier molecular flexibility index (Phi) is 5.52. The van der Waals surface area contributed by atoms with Crippen LogP contribution in [0.25, 0.3) is 16.9 Å². The molecule has 1 fully saturated rings. The van der Waals surface area contributed by atoms with E-state index in [0.717, 1.165) is 29.9 Å². The maximum absolute atomic E-state index is 13.0. The monoisotopic (exact) mass is 444 g/mol. The Morgan fingerprint density at radius 3 is 2.73 bits per heavy atom. The van der Waals surface area contributed by atoms with Gasteiger partial charge in [-0.1, -0.05) is 30.3 Å². The molecular weight excluding hydrogens is 420 g/mol. The van der Waals surface area contributed by atoms with Crippen molar-refractivity contribution in [1.82, 2.24) is 29.9 Å². The summed E-state index contributed by atoms with van der Waals surface area (Å²) in [5.74, 6) is 1.52. The maximum Gasteiger partial charge on any atom is 0.350 e. The van der Waals surface area contributed by atoms with Crippen molar-refractivity contribution in [2.75, 3.05) is 13.7 Å². The molecule has 0 unspecified atom stereocenters. The highest BCUT2D eigenvalue weighted by Gasteiger charge is 2.31. The molecule has 2 aromatic heterocycles. The highest BCUT2D eigenvalue weighted by molar-refractivity contribution is 5.93. The topological polar surface area (TPSA) is 107 Å². The molecule has 2 heterocycles. The van der Waals surface area contributed by atoms with Crippen LogP contribution in [-0.4, -0.2) is 44.1 Å². The molecule has 0 bridgehead atoms. The van der Waals surface area contributed by atoms with Gasteiger partial charge in [-0.3, -0.25) is 9.89 Å². The number of hydrogen-bond donors (Lipinski definition) is 2. The van der Waals surface area contributed by atoms with Crippen LogP contribution >= 0.6 is 0 Å². The second-order valence-corrected chi connectivity index (χ2v) is 7.96. The Bertz CT molecular complexity index is 1330. The Labute approximate surface area is 190 Å². The van der Waals surface area contributed by atoms with Gasteiger partial charge < -0.3 is 10.1 Å². The summed E-state index contributed by atoms with van der Waals surface area (Å²) in [6.07, 6.45) is 2.07. The van der Waals surface area contributed by atoms with Gasteiger partial charge in [0.15, 0.2) is 0 Å². The van der Waals surface area contributed by atoms with E-state index in [1.54, 1.807) is 17.7 Å². The first kappa shape index (κ1) is 20.7. The Balaban J connectivity index is 1.26. The lowest BCUT2D eigenvalue weighted by Crippen LogP contribution is -2.32. The van der Waals surface area contributed by atoms with Crippen molar-refractivity contribution in [1.29, 1.82) is 0 Å². The Morgan fingerprint density at radius 2 is 1.97 bits per heavy atom. The average molecular weight is 444 g/mol. The van der Waals surface area contributed by atoms with E-state index < -0.39 is 0 Å². The molecule has 1 amide bonds. The number of methoxy groups -OCH3 is 1. The number of para-hydroxylation sites is 1. The van der Waals surface area contributed by atoms with Crippen LogP contribution in [0.2, 0.25) is 0 Å². The Morgan fingerprint density at radius 1 is 1.15 bits per heavy atom. The fourth-order valence-electron chi connectivity index (χ4n) is 3.73. The molecule has 1 saturated carbocycles. The number of rotatable bonds is 8. The second-order valence-electron chi connectivity index (χ2n) is 7.96. The van der Waals surface area contributed by atoms with Crippen LogP contribution in [0.1, 0.15) is 35.1 Å². The normalized spacial score (nSPS) is 13.1. The van der Waals surface area contributed by atoms with Gasteiger partial charge in [0.2, 0.25) is 0 Å². The molecule has 2 N–H and O–H groups in total. The van der Waals surface area contributed by atoms with Crippen LogP contribution in [0.5, 0.6) is 5.75 Å². The number of amides is 1. The summed E-state index contributed by atoms with van der Waals surface area (Å²) in [6, 6.07) is 18.7. The maximum atomic E-state index is 13.0. The predicted octanol–water partition coefficient (Wildman–Crippen LogP) is 2.74. The molecule has 0 atom stereocenters. The van der Waals surface area contributed by atoms with Gasteiger partial charge in [-0.25, -0.2) is 14.0 Å². The number of carbonyl (C=O) groups excluding carboxylic acids is 1. The van der Waals surface area contributed by atoms with Gasteiger partial charge in [-0.05, 0) is 43.2 Å². The van der Waals surface area contributed by atoms with E-state index in [9.17, 15) is 9.59 Å². The van der Waals surface area contributed by atoms with Gasteiger partial charge in [0.25, 0.3) is 5.91 Å². The molecule has 0 aliphatic heterocycles. The minimum Gasteiger partial charge on any atom is -0.497 e. The summed E-state index contributed by atoms with van der Waals surface area (Å²) in [5, 5.41) is 14.4. The van der Waals surface area contributed by atoms with Crippen LogP contribution < -0.4 is 15.7 Å². The smallest absolute Gasteiger partial charge is 0.350 e. The first-order valence-corrected chi connectivity index (χ1v) is 10.9. The van der Waals surface area contributed by atoms with Crippen molar-refractivity contribution < 1.29 is 9.53 Å².